The minimum Gasteiger partial charge on any atom is -0.299 e. The molecule has 4 unspecified atom stereocenters. The third-order valence-electron chi connectivity index (χ3n) is 4.60. The first-order valence-corrected chi connectivity index (χ1v) is 9.89. The molecule has 0 aromatic heterocycles. The van der Waals surface area contributed by atoms with Crippen molar-refractivity contribution in [2.24, 2.45) is 34.5 Å². The maximum Gasteiger partial charge on any atom is 0.366 e. The van der Waals surface area contributed by atoms with Crippen LogP contribution in [0.2, 0.25) is 0 Å². The summed E-state index contributed by atoms with van der Waals surface area (Å²) in [5.74, 6) is -5.07. The van der Waals surface area contributed by atoms with Crippen LogP contribution in [0, 0.1) is 34.5 Å². The smallest absolute Gasteiger partial charge is 0.299 e. The van der Waals surface area contributed by atoms with Crippen LogP contribution < -0.4 is 0 Å². The minimum absolute atomic E-state index is 0.0772. The predicted molar refractivity (Wildman–Crippen MR) is 107 cm³/mol. The first kappa shape index (κ1) is 26.3. The van der Waals surface area contributed by atoms with Gasteiger partial charge in [-0.1, -0.05) is 55.4 Å². The van der Waals surface area contributed by atoms with Gasteiger partial charge in [0, 0.05) is 0 Å². The molecule has 162 valence electrons. The summed E-state index contributed by atoms with van der Waals surface area (Å²) in [6.07, 6.45) is 1.25. The van der Waals surface area contributed by atoms with E-state index in [-0.39, 0.29) is 34.2 Å². The van der Waals surface area contributed by atoms with Crippen molar-refractivity contribution in [2.75, 3.05) is 0 Å². The Labute approximate surface area is 169 Å². The molecule has 4 atom stereocenters. The topological polar surface area (TPSA) is 86.7 Å². The molecular weight excluding hydrogens is 360 g/mol. The highest BCUT2D eigenvalue weighted by Crippen LogP contribution is 2.31. The van der Waals surface area contributed by atoms with Crippen LogP contribution in [0.1, 0.15) is 82.1 Å². The molecule has 6 nitrogen and oxygen atoms in total. The summed E-state index contributed by atoms with van der Waals surface area (Å²) in [5, 5.41) is 0. The summed E-state index contributed by atoms with van der Waals surface area (Å²) in [5.41, 5.74) is -0.154. The second-order valence-electron chi connectivity index (χ2n) is 10.5. The van der Waals surface area contributed by atoms with Gasteiger partial charge in [0.15, 0.2) is 0 Å². The van der Waals surface area contributed by atoms with Crippen molar-refractivity contribution in [2.45, 2.75) is 82.1 Å². The highest BCUT2D eigenvalue weighted by Gasteiger charge is 2.37. The summed E-state index contributed by atoms with van der Waals surface area (Å²) in [6, 6.07) is 0. The van der Waals surface area contributed by atoms with Crippen molar-refractivity contribution < 1.29 is 29.0 Å². The van der Waals surface area contributed by atoms with Crippen molar-refractivity contribution in [3.63, 3.8) is 0 Å². The normalized spacial score (nSPS) is 16.5. The largest absolute Gasteiger partial charge is 0.366 e. The maximum atomic E-state index is 12.4. The lowest BCUT2D eigenvalue weighted by atomic mass is 9.78. The fourth-order valence-corrected chi connectivity index (χ4v) is 3.95. The third-order valence-corrected chi connectivity index (χ3v) is 4.60. The Morgan fingerprint density at radius 2 is 0.893 bits per heavy atom. The van der Waals surface area contributed by atoms with E-state index in [0.29, 0.717) is 12.8 Å². The highest BCUT2D eigenvalue weighted by atomic mass is 17.2. The molecule has 0 aliphatic heterocycles. The lowest BCUT2D eigenvalue weighted by Crippen LogP contribution is -2.36. The Kier molecular flexibility index (Phi) is 9.55. The monoisotopic (exact) mass is 398 g/mol. The Balaban J connectivity index is 5.14. The van der Waals surface area contributed by atoms with Gasteiger partial charge in [-0.05, 0) is 49.4 Å². The van der Waals surface area contributed by atoms with Gasteiger partial charge in [-0.15, -0.1) is 0 Å². The van der Waals surface area contributed by atoms with E-state index in [9.17, 15) is 19.2 Å². The van der Waals surface area contributed by atoms with Gasteiger partial charge in [-0.2, -0.15) is 0 Å². The Bertz CT molecular complexity index is 527. The van der Waals surface area contributed by atoms with E-state index in [0.717, 1.165) is 0 Å². The van der Waals surface area contributed by atoms with Gasteiger partial charge in [0.25, 0.3) is 0 Å². The molecule has 0 radical (unpaired) electrons. The lowest BCUT2D eigenvalue weighted by Gasteiger charge is -2.28. The molecule has 0 bridgehead atoms. The number of carbonyl (C=O) groups excluding carboxylic acids is 4. The SMILES string of the molecule is CC(=O)C(C(=O)OOC(=O)C(C(C)=O)C(C)CC(C)(C)C)C(C)CC(C)(C)C. The summed E-state index contributed by atoms with van der Waals surface area (Å²) in [4.78, 5) is 58.2. The molecule has 0 spiro atoms. The summed E-state index contributed by atoms with van der Waals surface area (Å²) < 4.78 is 0. The molecular formula is C22H38O6. The minimum atomic E-state index is -1.02. The third kappa shape index (κ3) is 9.47. The van der Waals surface area contributed by atoms with E-state index in [1.807, 2.05) is 41.5 Å². The van der Waals surface area contributed by atoms with Crippen molar-refractivity contribution in [3.05, 3.63) is 0 Å². The van der Waals surface area contributed by atoms with Crippen molar-refractivity contribution >= 4 is 23.5 Å². The van der Waals surface area contributed by atoms with Gasteiger partial charge in [-0.25, -0.2) is 19.4 Å². The van der Waals surface area contributed by atoms with Crippen LogP contribution in [-0.4, -0.2) is 23.5 Å². The van der Waals surface area contributed by atoms with Gasteiger partial charge < -0.3 is 0 Å². The van der Waals surface area contributed by atoms with Crippen LogP contribution >= 0.6 is 0 Å². The quantitative estimate of drug-likeness (QED) is 0.339. The van der Waals surface area contributed by atoms with Crippen LogP contribution in [0.3, 0.4) is 0 Å². The fourth-order valence-electron chi connectivity index (χ4n) is 3.95. The molecule has 6 heteroatoms. The zero-order chi connectivity index (χ0) is 22.4. The van der Waals surface area contributed by atoms with Gasteiger partial charge >= 0.3 is 11.9 Å². The molecule has 0 aliphatic carbocycles. The van der Waals surface area contributed by atoms with E-state index >= 15 is 0 Å². The van der Waals surface area contributed by atoms with Crippen LogP contribution in [0.15, 0.2) is 0 Å². The Morgan fingerprint density at radius 3 is 1.07 bits per heavy atom. The molecule has 0 N–H and O–H groups in total. The fraction of sp³-hybridized carbons (Fsp3) is 0.818. The summed E-state index contributed by atoms with van der Waals surface area (Å²) in [7, 11) is 0. The van der Waals surface area contributed by atoms with E-state index in [1.54, 1.807) is 13.8 Å². The van der Waals surface area contributed by atoms with Crippen molar-refractivity contribution in [1.82, 2.24) is 0 Å². The Morgan fingerprint density at radius 1 is 0.643 bits per heavy atom. The highest BCUT2D eigenvalue weighted by molar-refractivity contribution is 5.99. The molecule has 0 amide bonds. The summed E-state index contributed by atoms with van der Waals surface area (Å²) >= 11 is 0. The van der Waals surface area contributed by atoms with Gasteiger partial charge in [-0.3, -0.25) is 9.59 Å². The summed E-state index contributed by atoms with van der Waals surface area (Å²) in [6.45, 7) is 18.3. The van der Waals surface area contributed by atoms with E-state index in [4.69, 9.17) is 9.78 Å². The number of Topliss-reactive ketones (excluding diaryl/α,β-unsaturated/α-hetero) is 2. The average Bonchev–Trinajstić information content (AvgIpc) is 2.40. The van der Waals surface area contributed by atoms with Crippen LogP contribution in [-0.2, 0) is 29.0 Å². The number of hydrogen-bond donors (Lipinski definition) is 0. The first-order valence-electron chi connectivity index (χ1n) is 9.89. The maximum absolute atomic E-state index is 12.4. The number of rotatable bonds is 8. The molecule has 0 rings (SSSR count). The zero-order valence-electron chi connectivity index (χ0n) is 19.2. The molecule has 0 saturated heterocycles. The molecule has 0 fully saturated rings. The van der Waals surface area contributed by atoms with E-state index < -0.39 is 23.8 Å². The van der Waals surface area contributed by atoms with Crippen LogP contribution in [0.4, 0.5) is 0 Å². The second-order valence-corrected chi connectivity index (χ2v) is 10.5. The molecule has 0 aromatic carbocycles. The lowest BCUT2D eigenvalue weighted by molar-refractivity contribution is -0.266. The molecule has 0 aliphatic rings. The van der Waals surface area contributed by atoms with Gasteiger partial charge in [0.1, 0.15) is 23.4 Å². The predicted octanol–water partition coefficient (Wildman–Crippen LogP) is 4.54. The van der Waals surface area contributed by atoms with Crippen LogP contribution in [0.5, 0.6) is 0 Å². The van der Waals surface area contributed by atoms with E-state index in [1.165, 1.54) is 13.8 Å². The zero-order valence-corrected chi connectivity index (χ0v) is 19.2. The van der Waals surface area contributed by atoms with Crippen molar-refractivity contribution in [1.29, 1.82) is 0 Å². The first-order chi connectivity index (χ1) is 12.5. The molecule has 0 saturated carbocycles. The Hall–Kier alpha value is -1.72. The molecule has 28 heavy (non-hydrogen) atoms. The second kappa shape index (κ2) is 10.2. The van der Waals surface area contributed by atoms with E-state index in [2.05, 4.69) is 0 Å². The standard InChI is InChI=1S/C22H38O6/c1-13(11-21(5,6)7)17(15(3)23)19(25)27-28-20(26)18(16(4)24)14(2)12-22(8,9)10/h13-14,17-18H,11-12H2,1-10H3. The van der Waals surface area contributed by atoms with Crippen LogP contribution in [0.25, 0.3) is 0 Å². The average molecular weight is 399 g/mol. The molecule has 0 heterocycles. The number of ketones is 2. The van der Waals surface area contributed by atoms with Crippen molar-refractivity contribution in [3.8, 4) is 0 Å². The number of hydrogen-bond acceptors (Lipinski definition) is 6. The number of carbonyl (C=O) groups is 4. The molecule has 0 aromatic rings. The van der Waals surface area contributed by atoms with Gasteiger partial charge in [0.2, 0.25) is 0 Å². The van der Waals surface area contributed by atoms with Gasteiger partial charge in [0.05, 0.1) is 0 Å².